The van der Waals surface area contributed by atoms with Gasteiger partial charge in [0.15, 0.2) is 0 Å². The van der Waals surface area contributed by atoms with Crippen LogP contribution in [0.2, 0.25) is 0 Å². The summed E-state index contributed by atoms with van der Waals surface area (Å²) < 4.78 is 0. The molecule has 0 aliphatic rings. The normalized spacial score (nSPS) is 10.2. The van der Waals surface area contributed by atoms with Crippen LogP contribution in [-0.2, 0) is 14.4 Å². The van der Waals surface area contributed by atoms with Gasteiger partial charge in [-0.05, 0) is 12.3 Å². The van der Waals surface area contributed by atoms with E-state index in [1.807, 2.05) is 13.8 Å². The van der Waals surface area contributed by atoms with Crippen LogP contribution in [0.1, 0.15) is 33.1 Å². The van der Waals surface area contributed by atoms with Crippen molar-refractivity contribution in [3.63, 3.8) is 0 Å². The Morgan fingerprint density at radius 2 is 1.83 bits per heavy atom. The number of nitrogens with zero attached hydrogens (tertiary/aromatic N) is 1. The van der Waals surface area contributed by atoms with Crippen molar-refractivity contribution in [2.75, 3.05) is 20.1 Å². The molecule has 0 radical (unpaired) electrons. The molecule has 18 heavy (non-hydrogen) atoms. The molecular formula is C12H22N2O4. The van der Waals surface area contributed by atoms with Gasteiger partial charge in [0.2, 0.25) is 11.8 Å². The zero-order valence-corrected chi connectivity index (χ0v) is 11.2. The average Bonchev–Trinajstić information content (AvgIpc) is 2.25. The number of nitrogens with one attached hydrogen (secondary N) is 1. The zero-order valence-electron chi connectivity index (χ0n) is 11.2. The molecule has 0 unspecified atom stereocenters. The number of rotatable bonds is 8. The van der Waals surface area contributed by atoms with Crippen molar-refractivity contribution in [1.29, 1.82) is 0 Å². The number of aliphatic carboxylic acids is 1. The monoisotopic (exact) mass is 258 g/mol. The summed E-state index contributed by atoms with van der Waals surface area (Å²) in [5, 5.41) is 11.2. The Morgan fingerprint density at radius 1 is 1.22 bits per heavy atom. The Balaban J connectivity index is 3.85. The highest BCUT2D eigenvalue weighted by atomic mass is 16.4. The Labute approximate surface area is 107 Å². The Bertz CT molecular complexity index is 302. The minimum atomic E-state index is -0.917. The van der Waals surface area contributed by atoms with Crippen LogP contribution in [0.15, 0.2) is 0 Å². The third kappa shape index (κ3) is 8.55. The van der Waals surface area contributed by atoms with E-state index in [9.17, 15) is 14.4 Å². The molecule has 6 nitrogen and oxygen atoms in total. The molecule has 0 rings (SSSR count). The summed E-state index contributed by atoms with van der Waals surface area (Å²) in [5.41, 5.74) is 0. The van der Waals surface area contributed by atoms with Crippen LogP contribution in [-0.4, -0.2) is 47.9 Å². The second kappa shape index (κ2) is 8.49. The van der Waals surface area contributed by atoms with Crippen molar-refractivity contribution >= 4 is 17.8 Å². The molecule has 0 fully saturated rings. The van der Waals surface area contributed by atoms with Crippen molar-refractivity contribution < 1.29 is 19.5 Å². The van der Waals surface area contributed by atoms with Crippen molar-refractivity contribution in [3.8, 4) is 0 Å². The molecule has 0 spiro atoms. The van der Waals surface area contributed by atoms with Crippen LogP contribution in [0.4, 0.5) is 0 Å². The predicted octanol–water partition coefficient (Wildman–Crippen LogP) is 0.472. The van der Waals surface area contributed by atoms with Gasteiger partial charge in [0.1, 0.15) is 0 Å². The largest absolute Gasteiger partial charge is 0.481 e. The molecule has 0 aliphatic heterocycles. The summed E-state index contributed by atoms with van der Waals surface area (Å²) in [4.78, 5) is 34.6. The molecular weight excluding hydrogens is 236 g/mol. The highest BCUT2D eigenvalue weighted by molar-refractivity contribution is 5.84. The summed E-state index contributed by atoms with van der Waals surface area (Å²) in [6.07, 6.45) is 0.422. The third-order valence-electron chi connectivity index (χ3n) is 2.30. The van der Waals surface area contributed by atoms with Gasteiger partial charge in [-0.15, -0.1) is 0 Å². The maximum absolute atomic E-state index is 11.6. The molecule has 0 aliphatic carbocycles. The summed E-state index contributed by atoms with van der Waals surface area (Å²) in [5.74, 6) is -0.959. The molecule has 0 saturated carbocycles. The SMILES string of the molecule is CC(C)CNC(=O)CN(C)C(=O)CCCC(=O)O. The Hall–Kier alpha value is -1.59. The number of amides is 2. The lowest BCUT2D eigenvalue weighted by molar-refractivity contribution is -0.138. The standard InChI is InChI=1S/C12H22N2O4/c1-9(2)7-13-10(15)8-14(3)11(16)5-4-6-12(17)18/h9H,4-8H2,1-3H3,(H,13,15)(H,17,18). The molecule has 0 atom stereocenters. The van der Waals surface area contributed by atoms with E-state index in [4.69, 9.17) is 5.11 Å². The number of hydrogen-bond acceptors (Lipinski definition) is 3. The average molecular weight is 258 g/mol. The molecule has 0 aromatic rings. The first kappa shape index (κ1) is 16.4. The smallest absolute Gasteiger partial charge is 0.303 e. The third-order valence-corrected chi connectivity index (χ3v) is 2.30. The van der Waals surface area contributed by atoms with E-state index in [0.29, 0.717) is 18.9 Å². The fourth-order valence-corrected chi connectivity index (χ4v) is 1.26. The van der Waals surface area contributed by atoms with E-state index in [-0.39, 0.29) is 31.2 Å². The fraction of sp³-hybridized carbons (Fsp3) is 0.750. The van der Waals surface area contributed by atoms with Gasteiger partial charge in [0, 0.05) is 26.4 Å². The van der Waals surface area contributed by atoms with E-state index < -0.39 is 5.97 Å². The number of carbonyl (C=O) groups excluding carboxylic acids is 2. The van der Waals surface area contributed by atoms with Crippen LogP contribution in [0.3, 0.4) is 0 Å². The number of carboxylic acids is 1. The van der Waals surface area contributed by atoms with Gasteiger partial charge in [-0.2, -0.15) is 0 Å². The van der Waals surface area contributed by atoms with Gasteiger partial charge >= 0.3 is 5.97 Å². The first-order valence-electron chi connectivity index (χ1n) is 6.05. The zero-order chi connectivity index (χ0) is 14.1. The second-order valence-electron chi connectivity index (χ2n) is 4.70. The van der Waals surface area contributed by atoms with E-state index in [1.54, 1.807) is 0 Å². The highest BCUT2D eigenvalue weighted by Gasteiger charge is 2.13. The Morgan fingerprint density at radius 3 is 2.33 bits per heavy atom. The van der Waals surface area contributed by atoms with Gasteiger partial charge in [-0.1, -0.05) is 13.8 Å². The molecule has 0 aromatic heterocycles. The van der Waals surface area contributed by atoms with Crippen molar-refractivity contribution in [3.05, 3.63) is 0 Å². The second-order valence-corrected chi connectivity index (χ2v) is 4.70. The van der Waals surface area contributed by atoms with Crippen LogP contribution < -0.4 is 5.32 Å². The lowest BCUT2D eigenvalue weighted by atomic mass is 10.2. The topological polar surface area (TPSA) is 86.7 Å². The number of likely N-dealkylation sites (N-methyl/N-ethyl adjacent to an activating group) is 1. The molecule has 2 amide bonds. The van der Waals surface area contributed by atoms with Crippen LogP contribution in [0.25, 0.3) is 0 Å². The number of carboxylic acid groups (broad SMARTS) is 1. The summed E-state index contributed by atoms with van der Waals surface area (Å²) in [6, 6.07) is 0. The first-order valence-corrected chi connectivity index (χ1v) is 6.05. The van der Waals surface area contributed by atoms with Crippen molar-refractivity contribution in [2.45, 2.75) is 33.1 Å². The molecule has 0 aromatic carbocycles. The molecule has 6 heteroatoms. The van der Waals surface area contributed by atoms with Crippen molar-refractivity contribution in [2.24, 2.45) is 5.92 Å². The number of hydrogen-bond donors (Lipinski definition) is 2. The molecule has 0 saturated heterocycles. The number of carbonyl (C=O) groups is 3. The van der Waals surface area contributed by atoms with E-state index >= 15 is 0 Å². The van der Waals surface area contributed by atoms with Gasteiger partial charge in [0.25, 0.3) is 0 Å². The molecule has 104 valence electrons. The quantitative estimate of drug-likeness (QED) is 0.662. The van der Waals surface area contributed by atoms with E-state index in [0.717, 1.165) is 0 Å². The summed E-state index contributed by atoms with van der Waals surface area (Å²) in [7, 11) is 1.54. The van der Waals surface area contributed by atoms with Crippen LogP contribution >= 0.6 is 0 Å². The van der Waals surface area contributed by atoms with Gasteiger partial charge in [0.05, 0.1) is 6.54 Å². The maximum atomic E-state index is 11.6. The van der Waals surface area contributed by atoms with Gasteiger partial charge in [-0.25, -0.2) is 0 Å². The predicted molar refractivity (Wildman–Crippen MR) is 67.0 cm³/mol. The summed E-state index contributed by atoms with van der Waals surface area (Å²) in [6.45, 7) is 4.57. The van der Waals surface area contributed by atoms with Crippen LogP contribution in [0, 0.1) is 5.92 Å². The van der Waals surface area contributed by atoms with E-state index in [2.05, 4.69) is 5.32 Å². The van der Waals surface area contributed by atoms with E-state index in [1.165, 1.54) is 11.9 Å². The minimum Gasteiger partial charge on any atom is -0.481 e. The van der Waals surface area contributed by atoms with Gasteiger partial charge < -0.3 is 15.3 Å². The lowest BCUT2D eigenvalue weighted by Crippen LogP contribution is -2.39. The lowest BCUT2D eigenvalue weighted by Gasteiger charge is -2.17. The Kier molecular flexibility index (Phi) is 7.74. The first-order chi connectivity index (χ1) is 8.32. The molecule has 0 bridgehead atoms. The van der Waals surface area contributed by atoms with Crippen molar-refractivity contribution in [1.82, 2.24) is 10.2 Å². The van der Waals surface area contributed by atoms with Crippen LogP contribution in [0.5, 0.6) is 0 Å². The molecule has 2 N–H and O–H groups in total. The summed E-state index contributed by atoms with van der Waals surface area (Å²) >= 11 is 0. The van der Waals surface area contributed by atoms with Gasteiger partial charge in [-0.3, -0.25) is 14.4 Å². The highest BCUT2D eigenvalue weighted by Crippen LogP contribution is 1.99. The molecule has 0 heterocycles. The minimum absolute atomic E-state index is 0.0125. The fourth-order valence-electron chi connectivity index (χ4n) is 1.26. The maximum Gasteiger partial charge on any atom is 0.303 e.